The number of nitrogens with zero attached hydrogens (tertiary/aromatic N) is 2. The lowest BCUT2D eigenvalue weighted by atomic mass is 10.2. The molecule has 2 N–H and O–H groups in total. The summed E-state index contributed by atoms with van der Waals surface area (Å²) in [5.41, 5.74) is 1.24. The van der Waals surface area contributed by atoms with Gasteiger partial charge in [0.2, 0.25) is 10.0 Å². The second-order valence-corrected chi connectivity index (χ2v) is 7.66. The molecule has 1 aliphatic rings. The Labute approximate surface area is 152 Å². The molecular formula is C17H20N4O4S. The number of benzene rings is 1. The number of hydrogen-bond acceptors (Lipinski definition) is 6. The number of carbonyl (C=O) groups is 1. The number of rotatable bonds is 5. The standard InChI is InChI=1S/C17H20N4O4S/c1-26(23,24)20-14-4-2-3-13(11-14)17(22)19-15-5-6-16(18-12-15)21-7-9-25-10-8-21/h2-6,11-12,20H,7-10H2,1H3,(H,19,22). The van der Waals surface area contributed by atoms with Crippen molar-refractivity contribution in [3.05, 3.63) is 48.2 Å². The summed E-state index contributed by atoms with van der Waals surface area (Å²) in [6.45, 7) is 2.94. The fraction of sp³-hybridized carbons (Fsp3) is 0.294. The molecule has 1 fully saturated rings. The van der Waals surface area contributed by atoms with Gasteiger partial charge in [0, 0.05) is 24.3 Å². The second kappa shape index (κ2) is 7.71. The molecule has 1 amide bonds. The molecule has 2 heterocycles. The molecule has 1 aromatic carbocycles. The normalized spacial score (nSPS) is 14.7. The highest BCUT2D eigenvalue weighted by molar-refractivity contribution is 7.92. The summed E-state index contributed by atoms with van der Waals surface area (Å²) in [5.74, 6) is 0.494. The zero-order chi connectivity index (χ0) is 18.6. The van der Waals surface area contributed by atoms with E-state index in [1.54, 1.807) is 30.5 Å². The van der Waals surface area contributed by atoms with Crippen LogP contribution in [0.3, 0.4) is 0 Å². The number of pyridine rings is 1. The quantitative estimate of drug-likeness (QED) is 0.821. The van der Waals surface area contributed by atoms with Crippen molar-refractivity contribution in [3.63, 3.8) is 0 Å². The minimum Gasteiger partial charge on any atom is -0.378 e. The molecule has 0 radical (unpaired) electrons. The van der Waals surface area contributed by atoms with E-state index in [0.29, 0.717) is 30.2 Å². The van der Waals surface area contributed by atoms with Crippen LogP contribution in [0, 0.1) is 0 Å². The van der Waals surface area contributed by atoms with Gasteiger partial charge in [-0.3, -0.25) is 9.52 Å². The summed E-state index contributed by atoms with van der Waals surface area (Å²) in [6, 6.07) is 9.92. The molecule has 1 saturated heterocycles. The fourth-order valence-corrected chi connectivity index (χ4v) is 3.14. The van der Waals surface area contributed by atoms with E-state index >= 15 is 0 Å². The van der Waals surface area contributed by atoms with Crippen LogP contribution in [-0.2, 0) is 14.8 Å². The Morgan fingerprint density at radius 2 is 1.92 bits per heavy atom. The number of nitrogens with one attached hydrogen (secondary N) is 2. The fourth-order valence-electron chi connectivity index (χ4n) is 2.58. The molecule has 0 spiro atoms. The Hall–Kier alpha value is -2.65. The Bertz CT molecular complexity index is 878. The van der Waals surface area contributed by atoms with E-state index in [2.05, 4.69) is 19.9 Å². The summed E-state index contributed by atoms with van der Waals surface area (Å²) in [5, 5.41) is 2.76. The molecule has 0 saturated carbocycles. The number of carbonyl (C=O) groups excluding carboxylic acids is 1. The van der Waals surface area contributed by atoms with Crippen molar-refractivity contribution in [1.29, 1.82) is 0 Å². The monoisotopic (exact) mass is 376 g/mol. The largest absolute Gasteiger partial charge is 0.378 e. The van der Waals surface area contributed by atoms with Gasteiger partial charge in [-0.25, -0.2) is 13.4 Å². The van der Waals surface area contributed by atoms with Crippen molar-refractivity contribution in [2.75, 3.05) is 47.5 Å². The van der Waals surface area contributed by atoms with E-state index in [9.17, 15) is 13.2 Å². The van der Waals surface area contributed by atoms with Crippen LogP contribution in [0.5, 0.6) is 0 Å². The van der Waals surface area contributed by atoms with Gasteiger partial charge in [-0.1, -0.05) is 6.07 Å². The van der Waals surface area contributed by atoms with Gasteiger partial charge in [0.1, 0.15) is 5.82 Å². The molecule has 1 aromatic heterocycles. The van der Waals surface area contributed by atoms with E-state index in [1.165, 1.54) is 6.07 Å². The van der Waals surface area contributed by atoms with E-state index in [-0.39, 0.29) is 5.91 Å². The van der Waals surface area contributed by atoms with Crippen LogP contribution < -0.4 is 14.9 Å². The number of morpholine rings is 1. The van der Waals surface area contributed by atoms with Crippen LogP contribution in [0.2, 0.25) is 0 Å². The Balaban J connectivity index is 1.67. The molecule has 1 aliphatic heterocycles. The lowest BCUT2D eigenvalue weighted by Crippen LogP contribution is -2.36. The molecule has 26 heavy (non-hydrogen) atoms. The molecule has 138 valence electrons. The third-order valence-corrected chi connectivity index (χ3v) is 4.38. The first-order valence-corrected chi connectivity index (χ1v) is 9.98. The smallest absolute Gasteiger partial charge is 0.255 e. The summed E-state index contributed by atoms with van der Waals surface area (Å²) >= 11 is 0. The van der Waals surface area contributed by atoms with Gasteiger partial charge in [-0.15, -0.1) is 0 Å². The van der Waals surface area contributed by atoms with Crippen molar-refractivity contribution in [3.8, 4) is 0 Å². The van der Waals surface area contributed by atoms with Gasteiger partial charge in [0.25, 0.3) is 5.91 Å². The van der Waals surface area contributed by atoms with Gasteiger partial charge < -0.3 is 15.0 Å². The van der Waals surface area contributed by atoms with E-state index in [1.807, 2.05) is 6.07 Å². The SMILES string of the molecule is CS(=O)(=O)Nc1cccc(C(=O)Nc2ccc(N3CCOCC3)nc2)c1. The number of sulfonamides is 1. The van der Waals surface area contributed by atoms with Crippen LogP contribution in [0.25, 0.3) is 0 Å². The number of anilines is 3. The van der Waals surface area contributed by atoms with Crippen LogP contribution in [-0.4, -0.2) is 51.9 Å². The Morgan fingerprint density at radius 1 is 1.15 bits per heavy atom. The minimum atomic E-state index is -3.40. The van der Waals surface area contributed by atoms with Crippen LogP contribution in [0.1, 0.15) is 10.4 Å². The maximum absolute atomic E-state index is 12.4. The van der Waals surface area contributed by atoms with E-state index in [0.717, 1.165) is 25.2 Å². The molecular weight excluding hydrogens is 356 g/mol. The van der Waals surface area contributed by atoms with E-state index < -0.39 is 10.0 Å². The summed E-state index contributed by atoms with van der Waals surface area (Å²) in [7, 11) is -3.40. The maximum Gasteiger partial charge on any atom is 0.255 e. The van der Waals surface area contributed by atoms with E-state index in [4.69, 9.17) is 4.74 Å². The highest BCUT2D eigenvalue weighted by atomic mass is 32.2. The van der Waals surface area contributed by atoms with Crippen LogP contribution in [0.4, 0.5) is 17.2 Å². The van der Waals surface area contributed by atoms with Crippen molar-refractivity contribution in [2.24, 2.45) is 0 Å². The average Bonchev–Trinajstić information content (AvgIpc) is 2.62. The molecule has 9 heteroatoms. The lowest BCUT2D eigenvalue weighted by Gasteiger charge is -2.27. The molecule has 0 bridgehead atoms. The predicted molar refractivity (Wildman–Crippen MR) is 100 cm³/mol. The van der Waals surface area contributed by atoms with Crippen LogP contribution in [0.15, 0.2) is 42.6 Å². The van der Waals surface area contributed by atoms with Crippen molar-refractivity contribution >= 4 is 33.1 Å². The molecule has 0 unspecified atom stereocenters. The molecule has 8 nitrogen and oxygen atoms in total. The van der Waals surface area contributed by atoms with Gasteiger partial charge in [0.05, 0.1) is 31.4 Å². The highest BCUT2D eigenvalue weighted by Gasteiger charge is 2.13. The summed E-state index contributed by atoms with van der Waals surface area (Å²) < 4.78 is 30.3. The molecule has 0 aliphatic carbocycles. The first kappa shape index (κ1) is 18.2. The van der Waals surface area contributed by atoms with Gasteiger partial charge in [-0.2, -0.15) is 0 Å². The number of ether oxygens (including phenoxy) is 1. The highest BCUT2D eigenvalue weighted by Crippen LogP contribution is 2.17. The summed E-state index contributed by atoms with van der Waals surface area (Å²) in [4.78, 5) is 18.9. The van der Waals surface area contributed by atoms with Gasteiger partial charge in [-0.05, 0) is 30.3 Å². The molecule has 0 atom stereocenters. The van der Waals surface area contributed by atoms with Crippen molar-refractivity contribution in [2.45, 2.75) is 0 Å². The number of aromatic nitrogens is 1. The second-order valence-electron chi connectivity index (χ2n) is 5.91. The van der Waals surface area contributed by atoms with Crippen LogP contribution >= 0.6 is 0 Å². The maximum atomic E-state index is 12.4. The molecule has 2 aromatic rings. The minimum absolute atomic E-state index is 0.334. The Kier molecular flexibility index (Phi) is 5.38. The zero-order valence-corrected chi connectivity index (χ0v) is 15.1. The lowest BCUT2D eigenvalue weighted by molar-refractivity contribution is 0.102. The first-order valence-electron chi connectivity index (χ1n) is 8.09. The zero-order valence-electron chi connectivity index (χ0n) is 14.3. The van der Waals surface area contributed by atoms with Crippen molar-refractivity contribution in [1.82, 2.24) is 4.98 Å². The number of hydrogen-bond donors (Lipinski definition) is 2. The molecule has 3 rings (SSSR count). The topological polar surface area (TPSA) is 101 Å². The third kappa shape index (κ3) is 4.93. The van der Waals surface area contributed by atoms with Gasteiger partial charge >= 0.3 is 0 Å². The predicted octanol–water partition coefficient (Wildman–Crippen LogP) is 1.54. The Morgan fingerprint density at radius 3 is 2.58 bits per heavy atom. The summed E-state index contributed by atoms with van der Waals surface area (Å²) in [6.07, 6.45) is 2.66. The third-order valence-electron chi connectivity index (χ3n) is 3.77. The number of amides is 1. The first-order chi connectivity index (χ1) is 12.4. The van der Waals surface area contributed by atoms with Crippen molar-refractivity contribution < 1.29 is 17.9 Å². The van der Waals surface area contributed by atoms with Gasteiger partial charge in [0.15, 0.2) is 0 Å². The average molecular weight is 376 g/mol.